The van der Waals surface area contributed by atoms with Crippen LogP contribution in [0.2, 0.25) is 0 Å². The van der Waals surface area contributed by atoms with Crippen LogP contribution in [0.3, 0.4) is 0 Å². The largest absolute Gasteiger partial charge is 0.455 e. The van der Waals surface area contributed by atoms with Gasteiger partial charge in [-0.25, -0.2) is 13.8 Å². The second-order valence-corrected chi connectivity index (χ2v) is 6.56. The predicted octanol–water partition coefficient (Wildman–Crippen LogP) is 2.63. The molecule has 0 atom stereocenters. The third-order valence-electron chi connectivity index (χ3n) is 4.58. The minimum atomic E-state index is -1.08. The van der Waals surface area contributed by atoms with Crippen LogP contribution in [-0.2, 0) is 14.3 Å². The Hall–Kier alpha value is -3.54. The van der Waals surface area contributed by atoms with Crippen molar-refractivity contribution in [1.29, 1.82) is 5.26 Å². The van der Waals surface area contributed by atoms with Gasteiger partial charge in [-0.3, -0.25) is 9.59 Å². The number of amides is 1. The maximum atomic E-state index is 13.1. The second-order valence-electron chi connectivity index (χ2n) is 6.56. The number of piperidine rings is 1. The van der Waals surface area contributed by atoms with Crippen molar-refractivity contribution in [3.05, 3.63) is 53.7 Å². The first-order valence-electron chi connectivity index (χ1n) is 8.99. The Labute approximate surface area is 165 Å². The van der Waals surface area contributed by atoms with Gasteiger partial charge in [-0.15, -0.1) is 0 Å². The molecule has 3 rings (SSSR count). The highest BCUT2D eigenvalue weighted by atomic mass is 19.2. The fourth-order valence-corrected chi connectivity index (χ4v) is 3.01. The van der Waals surface area contributed by atoms with Crippen molar-refractivity contribution < 1.29 is 23.1 Å². The van der Waals surface area contributed by atoms with E-state index in [1.807, 2.05) is 11.0 Å². The van der Waals surface area contributed by atoms with Crippen molar-refractivity contribution >= 4 is 23.4 Å². The summed E-state index contributed by atoms with van der Waals surface area (Å²) in [6.07, 6.45) is 2.60. The second kappa shape index (κ2) is 9.10. The van der Waals surface area contributed by atoms with Crippen LogP contribution in [0, 0.1) is 28.9 Å². The summed E-state index contributed by atoms with van der Waals surface area (Å²) in [5, 5.41) is 11.2. The minimum absolute atomic E-state index is 0.0770. The van der Waals surface area contributed by atoms with E-state index in [2.05, 4.69) is 10.3 Å². The highest BCUT2D eigenvalue weighted by molar-refractivity contribution is 5.92. The van der Waals surface area contributed by atoms with Crippen LogP contribution in [0.25, 0.3) is 0 Å². The molecule has 1 amide bonds. The molecular weight excluding hydrogens is 382 g/mol. The quantitative estimate of drug-likeness (QED) is 0.776. The summed E-state index contributed by atoms with van der Waals surface area (Å²) in [4.78, 5) is 30.3. The number of benzene rings is 1. The fraction of sp³-hybridized carbons (Fsp3) is 0.300. The molecule has 150 valence electrons. The summed E-state index contributed by atoms with van der Waals surface area (Å²) in [6, 6.07) is 8.42. The van der Waals surface area contributed by atoms with E-state index in [0.29, 0.717) is 31.5 Å². The Balaban J connectivity index is 1.43. The molecule has 0 bridgehead atoms. The molecule has 0 saturated carbocycles. The number of anilines is 2. The van der Waals surface area contributed by atoms with Gasteiger partial charge in [0.15, 0.2) is 18.2 Å². The fourth-order valence-electron chi connectivity index (χ4n) is 3.01. The third-order valence-corrected chi connectivity index (χ3v) is 4.58. The normalized spacial score (nSPS) is 14.2. The van der Waals surface area contributed by atoms with Gasteiger partial charge in [0.05, 0.1) is 11.5 Å². The number of esters is 1. The maximum Gasteiger partial charge on any atom is 0.309 e. The van der Waals surface area contributed by atoms with Gasteiger partial charge in [0.25, 0.3) is 5.91 Å². The number of hydrogen-bond donors (Lipinski definition) is 1. The van der Waals surface area contributed by atoms with Crippen molar-refractivity contribution in [3.63, 3.8) is 0 Å². The van der Waals surface area contributed by atoms with Crippen LogP contribution in [0.1, 0.15) is 18.4 Å². The first kappa shape index (κ1) is 20.2. The first-order chi connectivity index (χ1) is 14.0. The van der Waals surface area contributed by atoms with E-state index in [-0.39, 0.29) is 11.6 Å². The van der Waals surface area contributed by atoms with Gasteiger partial charge < -0.3 is 15.0 Å². The molecule has 0 spiro atoms. The molecule has 1 aliphatic heterocycles. The summed E-state index contributed by atoms with van der Waals surface area (Å²) >= 11 is 0. The predicted molar refractivity (Wildman–Crippen MR) is 99.8 cm³/mol. The summed E-state index contributed by atoms with van der Waals surface area (Å²) in [6.45, 7) is 0.689. The van der Waals surface area contributed by atoms with Gasteiger partial charge in [0, 0.05) is 31.0 Å². The molecule has 1 N–H and O–H groups in total. The monoisotopic (exact) mass is 400 g/mol. The maximum absolute atomic E-state index is 13.1. The molecule has 1 aromatic carbocycles. The smallest absolute Gasteiger partial charge is 0.309 e. The Morgan fingerprint density at radius 1 is 1.21 bits per heavy atom. The van der Waals surface area contributed by atoms with Crippen LogP contribution < -0.4 is 10.2 Å². The van der Waals surface area contributed by atoms with Crippen LogP contribution in [0.4, 0.5) is 20.3 Å². The standard InChI is InChI=1S/C20H18F2N4O3/c21-16-3-2-15(9-17(16)22)25-19(27)12-29-20(28)14-5-7-26(8-6-14)18-4-1-13(10-23)11-24-18/h1-4,9,11,14H,5-8,12H2,(H,25,27). The number of nitrogens with zero attached hydrogens (tertiary/aromatic N) is 3. The SMILES string of the molecule is N#Cc1ccc(N2CCC(C(=O)OCC(=O)Nc3ccc(F)c(F)c3)CC2)nc1. The highest BCUT2D eigenvalue weighted by Crippen LogP contribution is 2.23. The molecule has 2 heterocycles. The van der Waals surface area contributed by atoms with Gasteiger partial charge in [-0.2, -0.15) is 5.26 Å². The van der Waals surface area contributed by atoms with Crippen molar-refractivity contribution in [1.82, 2.24) is 4.98 Å². The zero-order chi connectivity index (χ0) is 20.8. The summed E-state index contributed by atoms with van der Waals surface area (Å²) in [5.41, 5.74) is 0.557. The number of hydrogen-bond acceptors (Lipinski definition) is 6. The van der Waals surface area contributed by atoms with Crippen molar-refractivity contribution in [3.8, 4) is 6.07 Å². The Morgan fingerprint density at radius 3 is 2.59 bits per heavy atom. The van der Waals surface area contributed by atoms with Crippen molar-refractivity contribution in [2.75, 3.05) is 29.9 Å². The lowest BCUT2D eigenvalue weighted by Gasteiger charge is -2.31. The van der Waals surface area contributed by atoms with E-state index in [9.17, 15) is 18.4 Å². The first-order valence-corrected chi connectivity index (χ1v) is 8.99. The molecule has 1 aromatic heterocycles. The number of carbonyl (C=O) groups is 2. The number of nitrogens with one attached hydrogen (secondary N) is 1. The lowest BCUT2D eigenvalue weighted by Crippen LogP contribution is -2.38. The topological polar surface area (TPSA) is 95.3 Å². The molecule has 0 aliphatic carbocycles. The average Bonchev–Trinajstić information content (AvgIpc) is 2.75. The number of pyridine rings is 1. The molecule has 9 heteroatoms. The number of nitriles is 1. The van der Waals surface area contributed by atoms with E-state index in [0.717, 1.165) is 18.0 Å². The average molecular weight is 400 g/mol. The van der Waals surface area contributed by atoms with Crippen LogP contribution in [-0.4, -0.2) is 36.6 Å². The minimum Gasteiger partial charge on any atom is -0.455 e. The summed E-state index contributed by atoms with van der Waals surface area (Å²) in [7, 11) is 0. The summed E-state index contributed by atoms with van der Waals surface area (Å²) < 4.78 is 31.1. The van der Waals surface area contributed by atoms with E-state index in [1.54, 1.807) is 12.1 Å². The van der Waals surface area contributed by atoms with Gasteiger partial charge in [-0.1, -0.05) is 0 Å². The Kier molecular flexibility index (Phi) is 6.34. The molecule has 1 fully saturated rings. The zero-order valence-corrected chi connectivity index (χ0v) is 15.4. The van der Waals surface area contributed by atoms with Crippen molar-refractivity contribution in [2.24, 2.45) is 5.92 Å². The molecule has 1 aliphatic rings. The molecule has 2 aromatic rings. The van der Waals surface area contributed by atoms with Gasteiger partial charge in [0.1, 0.15) is 11.9 Å². The molecular formula is C20H18F2N4O3. The molecule has 0 radical (unpaired) electrons. The van der Waals surface area contributed by atoms with E-state index >= 15 is 0 Å². The van der Waals surface area contributed by atoms with Gasteiger partial charge in [0.2, 0.25) is 0 Å². The molecule has 0 unspecified atom stereocenters. The molecule has 29 heavy (non-hydrogen) atoms. The van der Waals surface area contributed by atoms with Crippen LogP contribution in [0.15, 0.2) is 36.5 Å². The van der Waals surface area contributed by atoms with E-state index in [4.69, 9.17) is 10.00 Å². The number of ether oxygens (including phenoxy) is 1. The zero-order valence-electron chi connectivity index (χ0n) is 15.4. The lowest BCUT2D eigenvalue weighted by atomic mass is 9.97. The number of aromatic nitrogens is 1. The number of rotatable bonds is 5. The van der Waals surface area contributed by atoms with E-state index in [1.165, 1.54) is 12.3 Å². The Morgan fingerprint density at radius 2 is 1.97 bits per heavy atom. The number of halogens is 2. The summed E-state index contributed by atoms with van der Waals surface area (Å²) in [5.74, 6) is -2.80. The number of carbonyl (C=O) groups excluding carboxylic acids is 2. The molecule has 1 saturated heterocycles. The van der Waals surface area contributed by atoms with Gasteiger partial charge in [-0.05, 0) is 37.1 Å². The van der Waals surface area contributed by atoms with Crippen LogP contribution in [0.5, 0.6) is 0 Å². The highest BCUT2D eigenvalue weighted by Gasteiger charge is 2.27. The van der Waals surface area contributed by atoms with Crippen LogP contribution >= 0.6 is 0 Å². The van der Waals surface area contributed by atoms with Crippen molar-refractivity contribution in [2.45, 2.75) is 12.8 Å². The lowest BCUT2D eigenvalue weighted by molar-refractivity contribution is -0.152. The van der Waals surface area contributed by atoms with Gasteiger partial charge >= 0.3 is 5.97 Å². The molecule has 7 nitrogen and oxygen atoms in total. The van der Waals surface area contributed by atoms with E-state index < -0.39 is 30.1 Å². The Bertz CT molecular complexity index is 936. The third kappa shape index (κ3) is 5.25.